The number of rotatable bonds is 3. The van der Waals surface area contributed by atoms with Gasteiger partial charge in [-0.2, -0.15) is 0 Å². The SMILES string of the molecule is S=C=NC[Se]c1ccccc1. The molecule has 11 heavy (non-hydrogen) atoms. The zero-order chi connectivity index (χ0) is 7.94. The van der Waals surface area contributed by atoms with E-state index in [1.165, 1.54) is 4.46 Å². The Bertz CT molecular complexity index is 254. The first-order valence-electron chi connectivity index (χ1n) is 3.15. The average molecular weight is 228 g/mol. The van der Waals surface area contributed by atoms with Gasteiger partial charge in [-0.1, -0.05) is 0 Å². The van der Waals surface area contributed by atoms with Crippen molar-refractivity contribution in [1.29, 1.82) is 0 Å². The molecule has 1 nitrogen and oxygen atoms in total. The molecule has 0 atom stereocenters. The molecule has 0 saturated carbocycles. The van der Waals surface area contributed by atoms with Crippen molar-refractivity contribution in [2.75, 3.05) is 5.44 Å². The molecule has 0 aliphatic heterocycles. The Kier molecular flexibility index (Phi) is 4.10. The van der Waals surface area contributed by atoms with Crippen molar-refractivity contribution in [1.82, 2.24) is 0 Å². The minimum atomic E-state index is 0.424. The molecule has 56 valence electrons. The monoisotopic (exact) mass is 229 g/mol. The van der Waals surface area contributed by atoms with Gasteiger partial charge in [0.25, 0.3) is 0 Å². The predicted octanol–water partition coefficient (Wildman–Crippen LogP) is 1.08. The van der Waals surface area contributed by atoms with E-state index in [1.54, 1.807) is 0 Å². The van der Waals surface area contributed by atoms with Gasteiger partial charge in [-0.05, 0) is 0 Å². The van der Waals surface area contributed by atoms with Crippen molar-refractivity contribution >= 4 is 36.8 Å². The third-order valence-corrected chi connectivity index (χ3v) is 3.04. The molecule has 0 fully saturated rings. The molecule has 1 rings (SSSR count). The van der Waals surface area contributed by atoms with Crippen molar-refractivity contribution in [2.45, 2.75) is 0 Å². The summed E-state index contributed by atoms with van der Waals surface area (Å²) in [4.78, 5) is 3.86. The zero-order valence-electron chi connectivity index (χ0n) is 5.86. The summed E-state index contributed by atoms with van der Waals surface area (Å²) in [5, 5.41) is 2.36. The normalized spacial score (nSPS) is 8.73. The van der Waals surface area contributed by atoms with Gasteiger partial charge in [0, 0.05) is 0 Å². The van der Waals surface area contributed by atoms with Crippen LogP contribution in [0.2, 0.25) is 0 Å². The van der Waals surface area contributed by atoms with Crippen molar-refractivity contribution in [2.24, 2.45) is 4.99 Å². The van der Waals surface area contributed by atoms with E-state index in [2.05, 4.69) is 34.5 Å². The fraction of sp³-hybridized carbons (Fsp3) is 0.125. The number of hydrogen-bond donors (Lipinski definition) is 0. The molecular formula is C8H7NSSe. The number of benzene rings is 1. The summed E-state index contributed by atoms with van der Waals surface area (Å²) in [6, 6.07) is 10.3. The number of isothiocyanates is 1. The van der Waals surface area contributed by atoms with Gasteiger partial charge >= 0.3 is 77.6 Å². The van der Waals surface area contributed by atoms with Gasteiger partial charge in [0.2, 0.25) is 0 Å². The van der Waals surface area contributed by atoms with Gasteiger partial charge in [-0.15, -0.1) is 0 Å². The Morgan fingerprint density at radius 1 is 1.36 bits per heavy atom. The van der Waals surface area contributed by atoms with E-state index < -0.39 is 0 Å². The molecule has 0 N–H and O–H groups in total. The summed E-state index contributed by atoms with van der Waals surface area (Å²) in [5.41, 5.74) is 0.806. The van der Waals surface area contributed by atoms with Crippen LogP contribution in [0.15, 0.2) is 35.3 Å². The van der Waals surface area contributed by atoms with Gasteiger partial charge in [0.05, 0.1) is 0 Å². The molecule has 0 unspecified atom stereocenters. The Morgan fingerprint density at radius 2 is 2.09 bits per heavy atom. The number of aliphatic imine (C=N–C) groups is 1. The van der Waals surface area contributed by atoms with E-state index in [-0.39, 0.29) is 0 Å². The summed E-state index contributed by atoms with van der Waals surface area (Å²) in [6.45, 7) is 0. The number of hydrogen-bond acceptors (Lipinski definition) is 2. The van der Waals surface area contributed by atoms with E-state index in [4.69, 9.17) is 0 Å². The van der Waals surface area contributed by atoms with Crippen LogP contribution in [-0.2, 0) is 0 Å². The quantitative estimate of drug-likeness (QED) is 0.428. The summed E-state index contributed by atoms with van der Waals surface area (Å²) in [5.74, 6) is 0. The molecule has 0 amide bonds. The molecule has 0 bridgehead atoms. The maximum atomic E-state index is 4.46. The fourth-order valence-electron chi connectivity index (χ4n) is 0.650. The average Bonchev–Trinajstić information content (AvgIpc) is 2.07. The molecule has 0 spiro atoms. The van der Waals surface area contributed by atoms with Crippen LogP contribution in [-0.4, -0.2) is 25.6 Å². The number of thiocarbonyl (C=S) groups is 1. The fourth-order valence-corrected chi connectivity index (χ4v) is 2.22. The van der Waals surface area contributed by atoms with Crippen LogP contribution in [0.3, 0.4) is 0 Å². The summed E-state index contributed by atoms with van der Waals surface area (Å²) >= 11 is 4.88. The Balaban J connectivity index is 2.45. The molecule has 1 aromatic rings. The van der Waals surface area contributed by atoms with Crippen LogP contribution in [0.25, 0.3) is 0 Å². The second-order valence-electron chi connectivity index (χ2n) is 1.84. The van der Waals surface area contributed by atoms with E-state index in [0.29, 0.717) is 15.0 Å². The van der Waals surface area contributed by atoms with E-state index >= 15 is 0 Å². The Labute approximate surface area is 77.7 Å². The predicted molar refractivity (Wildman–Crippen MR) is 51.7 cm³/mol. The van der Waals surface area contributed by atoms with Gasteiger partial charge in [0.1, 0.15) is 0 Å². The topological polar surface area (TPSA) is 12.4 Å². The first kappa shape index (κ1) is 8.63. The summed E-state index contributed by atoms with van der Waals surface area (Å²) < 4.78 is 1.36. The Hall–Kier alpha value is -0.461. The van der Waals surface area contributed by atoms with Crippen LogP contribution in [0.4, 0.5) is 0 Å². The minimum absolute atomic E-state index is 0.424. The molecule has 0 aliphatic carbocycles. The third-order valence-electron chi connectivity index (χ3n) is 1.10. The van der Waals surface area contributed by atoms with Gasteiger partial charge in [0.15, 0.2) is 0 Å². The molecule has 0 aliphatic rings. The third kappa shape index (κ3) is 3.45. The first-order chi connectivity index (χ1) is 5.43. The standard InChI is InChI=1S/C8H7NSSe/c10-6-9-7-11-8-4-2-1-3-5-8/h1-5H,7H2. The molecule has 1 aromatic carbocycles. The van der Waals surface area contributed by atoms with E-state index in [9.17, 15) is 0 Å². The van der Waals surface area contributed by atoms with Crippen LogP contribution < -0.4 is 4.46 Å². The maximum absolute atomic E-state index is 4.46. The van der Waals surface area contributed by atoms with Crippen LogP contribution in [0, 0.1) is 0 Å². The number of nitrogens with zero attached hydrogens (tertiary/aromatic N) is 1. The van der Waals surface area contributed by atoms with Crippen LogP contribution >= 0.6 is 12.2 Å². The summed E-state index contributed by atoms with van der Waals surface area (Å²) in [7, 11) is 0. The summed E-state index contributed by atoms with van der Waals surface area (Å²) in [6.07, 6.45) is 0. The van der Waals surface area contributed by atoms with Gasteiger partial charge in [-0.3, -0.25) is 0 Å². The second kappa shape index (κ2) is 5.22. The van der Waals surface area contributed by atoms with Crippen LogP contribution in [0.1, 0.15) is 0 Å². The van der Waals surface area contributed by atoms with Crippen molar-refractivity contribution in [3.05, 3.63) is 30.3 Å². The van der Waals surface area contributed by atoms with E-state index in [1.807, 2.05) is 18.2 Å². The van der Waals surface area contributed by atoms with E-state index in [0.717, 1.165) is 5.44 Å². The molecule has 0 aromatic heterocycles. The second-order valence-corrected chi connectivity index (χ2v) is 4.15. The van der Waals surface area contributed by atoms with Crippen molar-refractivity contribution < 1.29 is 0 Å². The molecule has 0 radical (unpaired) electrons. The molecule has 0 heterocycles. The van der Waals surface area contributed by atoms with Gasteiger partial charge < -0.3 is 0 Å². The van der Waals surface area contributed by atoms with Gasteiger partial charge in [-0.25, -0.2) is 0 Å². The first-order valence-corrected chi connectivity index (χ1v) is 5.62. The molecular weight excluding hydrogens is 221 g/mol. The van der Waals surface area contributed by atoms with Crippen molar-refractivity contribution in [3.63, 3.8) is 0 Å². The molecule has 0 saturated heterocycles. The molecule has 3 heteroatoms. The zero-order valence-corrected chi connectivity index (χ0v) is 8.39. The van der Waals surface area contributed by atoms with Crippen molar-refractivity contribution in [3.8, 4) is 0 Å². The van der Waals surface area contributed by atoms with Crippen LogP contribution in [0.5, 0.6) is 0 Å². The Morgan fingerprint density at radius 3 is 2.73 bits per heavy atom.